The quantitative estimate of drug-likeness (QED) is 0.398. The number of benzene rings is 3. The molecule has 0 amide bonds. The third kappa shape index (κ3) is 4.00. The van der Waals surface area contributed by atoms with Gasteiger partial charge in [-0.1, -0.05) is 66.2 Å². The zero-order valence-electron chi connectivity index (χ0n) is 16.2. The number of carbonyl (C=O) groups excluding carboxylic acids is 1. The fourth-order valence-electron chi connectivity index (χ4n) is 3.19. The average molecular weight is 437 g/mol. The predicted molar refractivity (Wildman–Crippen MR) is 121 cm³/mol. The molecule has 0 aromatic heterocycles. The van der Waals surface area contributed by atoms with Crippen molar-refractivity contribution in [2.24, 2.45) is 0 Å². The van der Waals surface area contributed by atoms with Crippen LogP contribution in [0.4, 0.5) is 0 Å². The first-order valence-electron chi connectivity index (χ1n) is 9.33. The molecular formula is C25H18Cl2O3. The summed E-state index contributed by atoms with van der Waals surface area (Å²) in [6.45, 7) is 6.05. The van der Waals surface area contributed by atoms with Crippen LogP contribution in [-0.4, -0.2) is 5.78 Å². The molecule has 0 aliphatic carbocycles. The highest BCUT2D eigenvalue weighted by Crippen LogP contribution is 2.39. The highest BCUT2D eigenvalue weighted by Gasteiger charge is 2.30. The van der Waals surface area contributed by atoms with E-state index in [-0.39, 0.29) is 11.5 Å². The fourth-order valence-corrected chi connectivity index (χ4v) is 3.50. The lowest BCUT2D eigenvalue weighted by Crippen LogP contribution is -1.98. The minimum atomic E-state index is -0.175. The first-order valence-corrected chi connectivity index (χ1v) is 10.1. The number of allylic oxidation sites excluding steroid dienone is 1. The molecule has 5 heteroatoms. The van der Waals surface area contributed by atoms with Gasteiger partial charge in [-0.25, -0.2) is 0 Å². The van der Waals surface area contributed by atoms with Gasteiger partial charge in [-0.3, -0.25) is 4.79 Å². The van der Waals surface area contributed by atoms with Crippen LogP contribution in [-0.2, 0) is 6.61 Å². The van der Waals surface area contributed by atoms with Crippen molar-refractivity contribution in [3.05, 3.63) is 105 Å². The first-order chi connectivity index (χ1) is 14.5. The zero-order chi connectivity index (χ0) is 21.3. The van der Waals surface area contributed by atoms with Crippen molar-refractivity contribution in [1.82, 2.24) is 0 Å². The van der Waals surface area contributed by atoms with Crippen LogP contribution in [0.15, 0.2) is 66.9 Å². The topological polar surface area (TPSA) is 35.5 Å². The van der Waals surface area contributed by atoms with Gasteiger partial charge in [0.2, 0.25) is 5.78 Å². The lowest BCUT2D eigenvalue weighted by atomic mass is 10.1. The van der Waals surface area contributed by atoms with Gasteiger partial charge in [0.05, 0.1) is 15.6 Å². The van der Waals surface area contributed by atoms with Gasteiger partial charge in [-0.05, 0) is 54.0 Å². The first kappa shape index (κ1) is 20.3. The van der Waals surface area contributed by atoms with Gasteiger partial charge in [0, 0.05) is 5.56 Å². The normalized spacial score (nSPS) is 13.8. The highest BCUT2D eigenvalue weighted by molar-refractivity contribution is 6.42. The molecule has 3 nitrogen and oxygen atoms in total. The van der Waals surface area contributed by atoms with Crippen LogP contribution in [0.2, 0.25) is 10.0 Å². The van der Waals surface area contributed by atoms with E-state index in [1.807, 2.05) is 31.2 Å². The molecule has 3 aromatic rings. The molecular weight excluding hydrogens is 419 g/mol. The second-order valence-corrected chi connectivity index (χ2v) is 7.73. The highest BCUT2D eigenvalue weighted by atomic mass is 35.5. The molecule has 3 aromatic carbocycles. The summed E-state index contributed by atoms with van der Waals surface area (Å²) in [5.41, 5.74) is 4.12. The van der Waals surface area contributed by atoms with Crippen molar-refractivity contribution in [3.63, 3.8) is 0 Å². The molecule has 0 N–H and O–H groups in total. The number of ketones is 1. The second kappa shape index (κ2) is 8.39. The Bertz CT molecular complexity index is 1180. The van der Waals surface area contributed by atoms with E-state index in [0.29, 0.717) is 33.7 Å². The number of hydrogen-bond acceptors (Lipinski definition) is 3. The van der Waals surface area contributed by atoms with Crippen LogP contribution >= 0.6 is 23.2 Å². The molecule has 0 saturated heterocycles. The minimum Gasteiger partial charge on any atom is -0.488 e. The van der Waals surface area contributed by atoms with Crippen LogP contribution < -0.4 is 9.47 Å². The van der Waals surface area contributed by atoms with E-state index in [2.05, 4.69) is 6.58 Å². The van der Waals surface area contributed by atoms with Gasteiger partial charge in [0.25, 0.3) is 0 Å². The van der Waals surface area contributed by atoms with Crippen LogP contribution in [0.1, 0.15) is 32.6 Å². The van der Waals surface area contributed by atoms with Crippen LogP contribution in [0, 0.1) is 6.92 Å². The molecule has 4 rings (SSSR count). The Kier molecular flexibility index (Phi) is 5.67. The molecule has 0 spiro atoms. The van der Waals surface area contributed by atoms with Gasteiger partial charge in [0.1, 0.15) is 18.1 Å². The molecule has 1 aliphatic heterocycles. The van der Waals surface area contributed by atoms with E-state index in [1.165, 1.54) is 0 Å². The van der Waals surface area contributed by atoms with Crippen molar-refractivity contribution in [2.45, 2.75) is 13.5 Å². The summed E-state index contributed by atoms with van der Waals surface area (Å²) >= 11 is 12.0. The second-order valence-electron chi connectivity index (χ2n) is 6.91. The summed E-state index contributed by atoms with van der Waals surface area (Å²) in [5.74, 6) is 1.25. The van der Waals surface area contributed by atoms with Gasteiger partial charge in [-0.2, -0.15) is 0 Å². The van der Waals surface area contributed by atoms with E-state index < -0.39 is 0 Å². The van der Waals surface area contributed by atoms with Crippen molar-refractivity contribution in [2.75, 3.05) is 0 Å². The Morgan fingerprint density at radius 2 is 1.73 bits per heavy atom. The maximum atomic E-state index is 12.8. The van der Waals surface area contributed by atoms with Gasteiger partial charge < -0.3 is 9.47 Å². The Labute approximate surface area is 185 Å². The van der Waals surface area contributed by atoms with E-state index >= 15 is 0 Å². The number of fused-ring (bicyclic) bond motifs is 1. The van der Waals surface area contributed by atoms with Crippen molar-refractivity contribution in [3.8, 4) is 11.5 Å². The van der Waals surface area contributed by atoms with Gasteiger partial charge >= 0.3 is 0 Å². The molecule has 0 saturated carbocycles. The Morgan fingerprint density at radius 1 is 1.00 bits per heavy atom. The third-order valence-electron chi connectivity index (χ3n) is 4.89. The smallest absolute Gasteiger partial charge is 0.231 e. The van der Waals surface area contributed by atoms with E-state index in [1.54, 1.807) is 42.5 Å². The average Bonchev–Trinajstić information content (AvgIpc) is 3.07. The van der Waals surface area contributed by atoms with Crippen molar-refractivity contribution in [1.29, 1.82) is 0 Å². The Hall–Kier alpha value is -3.01. The number of ether oxygens (including phenoxy) is 2. The number of carbonyl (C=O) groups is 1. The SMILES string of the molecule is C=Cc1ccc(COc2ccc3c(c2C)O/C(=C\c2ccc(Cl)c(Cl)c2)C3=O)cc1. The Morgan fingerprint density at radius 3 is 2.43 bits per heavy atom. The molecule has 0 unspecified atom stereocenters. The zero-order valence-corrected chi connectivity index (χ0v) is 17.8. The summed E-state index contributed by atoms with van der Waals surface area (Å²) in [7, 11) is 0. The van der Waals surface area contributed by atoms with E-state index in [4.69, 9.17) is 32.7 Å². The monoisotopic (exact) mass is 436 g/mol. The molecule has 0 bridgehead atoms. The Balaban J connectivity index is 1.55. The summed E-state index contributed by atoms with van der Waals surface area (Å²) in [6, 6.07) is 16.7. The van der Waals surface area contributed by atoms with Crippen LogP contribution in [0.3, 0.4) is 0 Å². The number of rotatable bonds is 5. The standard InChI is InChI=1S/C25H18Cl2O3/c1-3-16-4-6-17(7-5-16)14-29-22-11-9-19-24(28)23(30-25(19)15(22)2)13-18-8-10-20(26)21(27)12-18/h3-13H,1,14H2,2H3/b23-13-. The largest absolute Gasteiger partial charge is 0.488 e. The lowest BCUT2D eigenvalue weighted by Gasteiger charge is -2.11. The summed E-state index contributed by atoms with van der Waals surface area (Å²) in [4.78, 5) is 12.8. The van der Waals surface area contributed by atoms with Crippen LogP contribution in [0.5, 0.6) is 11.5 Å². The predicted octanol–water partition coefficient (Wildman–Crippen LogP) is 7.14. The fraction of sp³-hybridized carbons (Fsp3) is 0.0800. The van der Waals surface area contributed by atoms with Gasteiger partial charge in [-0.15, -0.1) is 0 Å². The van der Waals surface area contributed by atoms with E-state index in [9.17, 15) is 4.79 Å². The minimum absolute atomic E-state index is 0.175. The molecule has 0 fully saturated rings. The number of hydrogen-bond donors (Lipinski definition) is 0. The molecule has 1 heterocycles. The van der Waals surface area contributed by atoms with Gasteiger partial charge in [0.15, 0.2) is 5.76 Å². The molecule has 0 radical (unpaired) electrons. The summed E-state index contributed by atoms with van der Waals surface area (Å²) in [6.07, 6.45) is 3.46. The molecule has 1 aliphatic rings. The summed E-state index contributed by atoms with van der Waals surface area (Å²) in [5, 5.41) is 0.875. The number of Topliss-reactive ketones (excluding diaryl/α,β-unsaturated/α-hetero) is 1. The molecule has 30 heavy (non-hydrogen) atoms. The third-order valence-corrected chi connectivity index (χ3v) is 5.63. The van der Waals surface area contributed by atoms with Crippen molar-refractivity contribution >= 4 is 41.1 Å². The maximum absolute atomic E-state index is 12.8. The lowest BCUT2D eigenvalue weighted by molar-refractivity contribution is 0.101. The van der Waals surface area contributed by atoms with E-state index in [0.717, 1.165) is 22.3 Å². The molecule has 0 atom stereocenters. The van der Waals surface area contributed by atoms with Crippen LogP contribution in [0.25, 0.3) is 12.2 Å². The number of halogens is 2. The summed E-state index contributed by atoms with van der Waals surface area (Å²) < 4.78 is 11.9. The maximum Gasteiger partial charge on any atom is 0.231 e. The molecule has 150 valence electrons. The van der Waals surface area contributed by atoms with Crippen molar-refractivity contribution < 1.29 is 14.3 Å².